The molecule has 198 valence electrons. The summed E-state index contributed by atoms with van der Waals surface area (Å²) in [7, 11) is 1.87. The summed E-state index contributed by atoms with van der Waals surface area (Å²) >= 11 is 0. The summed E-state index contributed by atoms with van der Waals surface area (Å²) in [4.78, 5) is 19.3. The van der Waals surface area contributed by atoms with Gasteiger partial charge in [0.15, 0.2) is 0 Å². The number of likely N-dealkylation sites (N-methyl/N-ethyl adjacent to an activating group) is 1. The average Bonchev–Trinajstić information content (AvgIpc) is 3.30. The van der Waals surface area contributed by atoms with Crippen molar-refractivity contribution >= 4 is 5.97 Å². The van der Waals surface area contributed by atoms with Gasteiger partial charge in [0, 0.05) is 18.5 Å². The van der Waals surface area contributed by atoms with E-state index in [0.29, 0.717) is 38.5 Å². The molecule has 0 unspecified atom stereocenters. The van der Waals surface area contributed by atoms with Crippen molar-refractivity contribution in [3.8, 4) is 17.2 Å². The van der Waals surface area contributed by atoms with Crippen molar-refractivity contribution in [2.75, 3.05) is 20.3 Å². The van der Waals surface area contributed by atoms with Gasteiger partial charge >= 0.3 is 5.97 Å². The van der Waals surface area contributed by atoms with Crippen LogP contribution in [0.1, 0.15) is 29.5 Å². The van der Waals surface area contributed by atoms with Crippen molar-refractivity contribution in [3.63, 3.8) is 0 Å². The monoisotopic (exact) mass is 516 g/mol. The largest absolute Gasteiger partial charge is 0.493 e. The van der Waals surface area contributed by atoms with Gasteiger partial charge in [-0.1, -0.05) is 42.5 Å². The molecule has 1 atom stereocenters. The molecule has 38 heavy (non-hydrogen) atoms. The van der Waals surface area contributed by atoms with Crippen LogP contribution < -0.4 is 4.74 Å². The molecule has 1 heterocycles. The van der Waals surface area contributed by atoms with Crippen LogP contribution >= 0.6 is 0 Å². The summed E-state index contributed by atoms with van der Waals surface area (Å²) in [6.45, 7) is 4.98. The molecule has 0 aliphatic carbocycles. The normalized spacial score (nSPS) is 11.9. The van der Waals surface area contributed by atoms with E-state index in [9.17, 15) is 9.18 Å². The Morgan fingerprint density at radius 3 is 2.37 bits per heavy atom. The van der Waals surface area contributed by atoms with Crippen LogP contribution in [0.25, 0.3) is 11.5 Å². The second-order valence-electron chi connectivity index (χ2n) is 9.14. The van der Waals surface area contributed by atoms with Crippen LogP contribution in [0.15, 0.2) is 83.3 Å². The van der Waals surface area contributed by atoms with Crippen molar-refractivity contribution in [1.29, 1.82) is 0 Å². The molecule has 4 rings (SSSR count). The minimum Gasteiger partial charge on any atom is -0.493 e. The molecule has 0 fully saturated rings. The van der Waals surface area contributed by atoms with E-state index in [1.54, 1.807) is 19.1 Å². The highest BCUT2D eigenvalue weighted by Crippen LogP contribution is 2.22. The molecule has 0 radical (unpaired) electrons. The lowest BCUT2D eigenvalue weighted by Crippen LogP contribution is -2.41. The van der Waals surface area contributed by atoms with Crippen LogP contribution in [-0.2, 0) is 28.9 Å². The number of rotatable bonds is 12. The minimum atomic E-state index is -0.472. The number of carbonyl (C=O) groups is 1. The van der Waals surface area contributed by atoms with Crippen molar-refractivity contribution in [1.82, 2.24) is 9.88 Å². The summed E-state index contributed by atoms with van der Waals surface area (Å²) in [5.74, 6) is 1.58. The van der Waals surface area contributed by atoms with Crippen LogP contribution in [0.5, 0.6) is 5.75 Å². The maximum atomic E-state index is 13.3. The number of oxazole rings is 1. The highest BCUT2D eigenvalue weighted by atomic mass is 19.1. The van der Waals surface area contributed by atoms with Crippen LogP contribution in [0.3, 0.4) is 0 Å². The van der Waals surface area contributed by atoms with E-state index in [4.69, 9.17) is 13.9 Å². The molecular formula is C31H33FN2O4. The zero-order valence-corrected chi connectivity index (χ0v) is 22.0. The Hall–Kier alpha value is -3.97. The number of hydrogen-bond donors (Lipinski definition) is 0. The lowest BCUT2D eigenvalue weighted by molar-refractivity contribution is -0.149. The average molecular weight is 517 g/mol. The number of aromatic nitrogens is 1. The van der Waals surface area contributed by atoms with Crippen molar-refractivity contribution in [2.45, 2.75) is 39.3 Å². The Balaban J connectivity index is 1.34. The van der Waals surface area contributed by atoms with Crippen LogP contribution in [-0.4, -0.2) is 42.2 Å². The lowest BCUT2D eigenvalue weighted by Gasteiger charge is -2.26. The first kappa shape index (κ1) is 27.1. The number of carbonyl (C=O) groups excluding carboxylic acids is 1. The Bertz CT molecular complexity index is 1300. The van der Waals surface area contributed by atoms with E-state index < -0.39 is 6.04 Å². The predicted molar refractivity (Wildman–Crippen MR) is 144 cm³/mol. The minimum absolute atomic E-state index is 0.282. The van der Waals surface area contributed by atoms with Crippen LogP contribution in [0.2, 0.25) is 0 Å². The van der Waals surface area contributed by atoms with Gasteiger partial charge in [0.05, 0.1) is 18.9 Å². The Morgan fingerprint density at radius 1 is 1.00 bits per heavy atom. The topological polar surface area (TPSA) is 64.8 Å². The smallest absolute Gasteiger partial charge is 0.323 e. The van der Waals surface area contributed by atoms with Crippen LogP contribution in [0, 0.1) is 12.7 Å². The molecule has 6 nitrogen and oxygen atoms in total. The summed E-state index contributed by atoms with van der Waals surface area (Å²) in [6, 6.07) is 23.4. The highest BCUT2D eigenvalue weighted by molar-refractivity contribution is 5.76. The van der Waals surface area contributed by atoms with Gasteiger partial charge in [0.2, 0.25) is 5.89 Å². The van der Waals surface area contributed by atoms with Gasteiger partial charge in [0.25, 0.3) is 0 Å². The maximum absolute atomic E-state index is 13.3. The molecule has 1 aromatic heterocycles. The Kier molecular flexibility index (Phi) is 9.27. The lowest BCUT2D eigenvalue weighted by atomic mass is 10.0. The zero-order chi connectivity index (χ0) is 26.9. The number of halogens is 1. The first-order chi connectivity index (χ1) is 18.4. The van der Waals surface area contributed by atoms with Crippen molar-refractivity contribution in [3.05, 3.63) is 107 Å². The van der Waals surface area contributed by atoms with Crippen LogP contribution in [0.4, 0.5) is 4.39 Å². The summed E-state index contributed by atoms with van der Waals surface area (Å²) in [6.07, 6.45) is 1.11. The molecule has 0 spiro atoms. The number of ether oxygens (including phenoxy) is 2. The van der Waals surface area contributed by atoms with Gasteiger partial charge in [0.1, 0.15) is 23.4 Å². The van der Waals surface area contributed by atoms with E-state index in [1.165, 1.54) is 12.1 Å². The third kappa shape index (κ3) is 7.29. The Labute approximate surface area is 223 Å². The molecule has 0 saturated heterocycles. The molecule has 0 amide bonds. The number of nitrogens with zero attached hydrogens (tertiary/aromatic N) is 2. The third-order valence-corrected chi connectivity index (χ3v) is 6.31. The van der Waals surface area contributed by atoms with Crippen molar-refractivity contribution < 1.29 is 23.1 Å². The number of aryl methyl sites for hydroxylation is 1. The molecule has 3 aromatic carbocycles. The SMILES string of the molecule is CCOC(=O)[C@H](Cc1ccc(OCCc2nc(-c3ccccc3)oc2C)cc1)N(C)Cc1ccc(F)cc1. The molecule has 7 heteroatoms. The van der Waals surface area contributed by atoms with Gasteiger partial charge in [-0.15, -0.1) is 0 Å². The van der Waals surface area contributed by atoms with Crippen molar-refractivity contribution in [2.24, 2.45) is 0 Å². The highest BCUT2D eigenvalue weighted by Gasteiger charge is 2.25. The molecule has 0 bridgehead atoms. The van der Waals surface area contributed by atoms with E-state index in [2.05, 4.69) is 4.98 Å². The molecule has 0 aliphatic heterocycles. The first-order valence-electron chi connectivity index (χ1n) is 12.8. The summed E-state index contributed by atoms with van der Waals surface area (Å²) in [5.41, 5.74) is 3.73. The summed E-state index contributed by atoms with van der Waals surface area (Å²) < 4.78 is 30.4. The third-order valence-electron chi connectivity index (χ3n) is 6.31. The van der Waals surface area contributed by atoms with E-state index in [-0.39, 0.29) is 11.8 Å². The van der Waals surface area contributed by atoms with Gasteiger partial charge in [-0.05, 0) is 74.8 Å². The number of hydrogen-bond acceptors (Lipinski definition) is 6. The number of esters is 1. The van der Waals surface area contributed by atoms with Gasteiger partial charge in [-0.2, -0.15) is 0 Å². The van der Waals surface area contributed by atoms with E-state index in [0.717, 1.165) is 33.9 Å². The fourth-order valence-electron chi connectivity index (χ4n) is 4.22. The molecular weight excluding hydrogens is 483 g/mol. The molecule has 0 saturated carbocycles. The quantitative estimate of drug-likeness (QED) is 0.215. The fraction of sp³-hybridized carbons (Fsp3) is 0.290. The summed E-state index contributed by atoms with van der Waals surface area (Å²) in [5, 5.41) is 0. The fourth-order valence-corrected chi connectivity index (χ4v) is 4.22. The van der Waals surface area contributed by atoms with Gasteiger partial charge in [-0.25, -0.2) is 9.37 Å². The van der Waals surface area contributed by atoms with Gasteiger partial charge in [-0.3, -0.25) is 9.69 Å². The number of benzene rings is 3. The first-order valence-corrected chi connectivity index (χ1v) is 12.8. The molecule has 0 N–H and O–H groups in total. The zero-order valence-electron chi connectivity index (χ0n) is 22.0. The second kappa shape index (κ2) is 13.0. The van der Waals surface area contributed by atoms with E-state index in [1.807, 2.05) is 73.5 Å². The predicted octanol–water partition coefficient (Wildman–Crippen LogP) is 6.02. The molecule has 4 aromatic rings. The standard InChI is InChI=1S/C31H33FN2O4/c1-4-36-31(35)29(34(3)21-24-10-14-26(32)15-11-24)20-23-12-16-27(17-13-23)37-19-18-28-22(2)38-30(33-28)25-8-6-5-7-9-25/h5-17,29H,4,18-21H2,1-3H3/t29-/m0/s1. The maximum Gasteiger partial charge on any atom is 0.323 e. The molecule has 0 aliphatic rings. The van der Waals surface area contributed by atoms with E-state index >= 15 is 0 Å². The van der Waals surface area contributed by atoms with Gasteiger partial charge < -0.3 is 13.9 Å². The Morgan fingerprint density at radius 2 is 1.68 bits per heavy atom. The second-order valence-corrected chi connectivity index (χ2v) is 9.14.